The number of hydrogen-bond acceptors (Lipinski definition) is 2. The molecule has 1 aromatic carbocycles. The molecule has 1 aliphatic rings. The van der Waals surface area contributed by atoms with Crippen LogP contribution in [0.15, 0.2) is 24.3 Å². The second-order valence-corrected chi connectivity index (χ2v) is 6.04. The molecule has 1 aliphatic heterocycles. The van der Waals surface area contributed by atoms with Crippen molar-refractivity contribution in [1.29, 1.82) is 0 Å². The fourth-order valence-corrected chi connectivity index (χ4v) is 3.22. The van der Waals surface area contributed by atoms with E-state index in [1.54, 1.807) is 0 Å². The summed E-state index contributed by atoms with van der Waals surface area (Å²) in [4.78, 5) is 14.0. The van der Waals surface area contributed by atoms with E-state index in [0.717, 1.165) is 45.3 Å². The van der Waals surface area contributed by atoms with Gasteiger partial charge >= 0.3 is 5.97 Å². The van der Waals surface area contributed by atoms with E-state index >= 15 is 0 Å². The van der Waals surface area contributed by atoms with Crippen molar-refractivity contribution in [1.82, 2.24) is 4.90 Å². The van der Waals surface area contributed by atoms with Crippen LogP contribution in [0.1, 0.15) is 43.7 Å². The lowest BCUT2D eigenvalue weighted by atomic mass is 9.75. The van der Waals surface area contributed by atoms with Crippen LogP contribution in [0.25, 0.3) is 0 Å². The van der Waals surface area contributed by atoms with Gasteiger partial charge in [-0.15, -0.1) is 0 Å². The minimum Gasteiger partial charge on any atom is -0.481 e. The Kier molecular flexibility index (Phi) is 4.81. The van der Waals surface area contributed by atoms with Crippen molar-refractivity contribution in [3.63, 3.8) is 0 Å². The predicted octanol–water partition coefficient (Wildman–Crippen LogP) is 3.46. The molecule has 0 saturated carbocycles. The average molecular weight is 275 g/mol. The van der Waals surface area contributed by atoms with Gasteiger partial charge in [-0.2, -0.15) is 0 Å². The Morgan fingerprint density at radius 1 is 1.30 bits per heavy atom. The molecule has 1 fully saturated rings. The van der Waals surface area contributed by atoms with Crippen LogP contribution in [-0.4, -0.2) is 29.1 Å². The number of likely N-dealkylation sites (tertiary alicyclic amines) is 1. The number of hydrogen-bond donors (Lipinski definition) is 1. The molecule has 0 unspecified atom stereocenters. The fourth-order valence-electron chi connectivity index (χ4n) is 3.22. The van der Waals surface area contributed by atoms with Crippen LogP contribution in [0.4, 0.5) is 0 Å². The maximum absolute atomic E-state index is 11.6. The first-order valence-electron chi connectivity index (χ1n) is 7.58. The van der Waals surface area contributed by atoms with Crippen LogP contribution >= 0.6 is 0 Å². The van der Waals surface area contributed by atoms with E-state index in [0.29, 0.717) is 0 Å². The summed E-state index contributed by atoms with van der Waals surface area (Å²) >= 11 is 0. The Hall–Kier alpha value is -1.35. The molecule has 1 saturated heterocycles. The Labute approximate surface area is 121 Å². The second kappa shape index (κ2) is 6.40. The van der Waals surface area contributed by atoms with Gasteiger partial charge in [-0.05, 0) is 50.4 Å². The number of benzene rings is 1. The van der Waals surface area contributed by atoms with E-state index in [4.69, 9.17) is 0 Å². The summed E-state index contributed by atoms with van der Waals surface area (Å²) in [6, 6.07) is 8.44. The lowest BCUT2D eigenvalue weighted by Gasteiger charge is -2.39. The first-order valence-corrected chi connectivity index (χ1v) is 7.58. The molecule has 0 aliphatic carbocycles. The lowest BCUT2D eigenvalue weighted by Crippen LogP contribution is -2.44. The van der Waals surface area contributed by atoms with Crippen molar-refractivity contribution < 1.29 is 9.90 Å². The monoisotopic (exact) mass is 275 g/mol. The van der Waals surface area contributed by atoms with Crippen molar-refractivity contribution in [2.24, 2.45) is 5.41 Å². The highest BCUT2D eigenvalue weighted by molar-refractivity contribution is 5.74. The number of carboxylic acid groups (broad SMARTS) is 1. The standard InChI is InChI=1S/C17H25NO2/c1-3-8-17(16(19)20)9-11-18(12-10-17)13-15-7-5-4-6-14(15)2/h4-7H,3,8-13H2,1-2H3,(H,19,20). The van der Waals surface area contributed by atoms with Gasteiger partial charge in [-0.3, -0.25) is 9.69 Å². The zero-order valence-electron chi connectivity index (χ0n) is 12.6. The summed E-state index contributed by atoms with van der Waals surface area (Å²) in [6.07, 6.45) is 3.31. The van der Waals surface area contributed by atoms with Crippen molar-refractivity contribution >= 4 is 5.97 Å². The van der Waals surface area contributed by atoms with Crippen molar-refractivity contribution in [3.8, 4) is 0 Å². The Morgan fingerprint density at radius 3 is 2.50 bits per heavy atom. The van der Waals surface area contributed by atoms with E-state index in [-0.39, 0.29) is 0 Å². The molecule has 0 aromatic heterocycles. The molecule has 20 heavy (non-hydrogen) atoms. The van der Waals surface area contributed by atoms with E-state index in [9.17, 15) is 9.90 Å². The highest BCUT2D eigenvalue weighted by Crippen LogP contribution is 2.36. The Bertz CT molecular complexity index is 462. The minimum atomic E-state index is -0.602. The summed E-state index contributed by atoms with van der Waals surface area (Å²) in [6.45, 7) is 6.93. The van der Waals surface area contributed by atoms with Gasteiger partial charge < -0.3 is 5.11 Å². The van der Waals surface area contributed by atoms with Crippen molar-refractivity contribution in [2.45, 2.75) is 46.1 Å². The molecule has 0 atom stereocenters. The largest absolute Gasteiger partial charge is 0.481 e. The maximum Gasteiger partial charge on any atom is 0.309 e. The summed E-state index contributed by atoms with van der Waals surface area (Å²) < 4.78 is 0. The molecular formula is C17H25NO2. The summed E-state index contributed by atoms with van der Waals surface area (Å²) in [5.74, 6) is -0.602. The van der Waals surface area contributed by atoms with E-state index in [1.807, 2.05) is 0 Å². The van der Waals surface area contributed by atoms with Gasteiger partial charge in [0.05, 0.1) is 5.41 Å². The Morgan fingerprint density at radius 2 is 1.95 bits per heavy atom. The van der Waals surface area contributed by atoms with Crippen LogP contribution in [-0.2, 0) is 11.3 Å². The maximum atomic E-state index is 11.6. The van der Waals surface area contributed by atoms with E-state index in [2.05, 4.69) is 43.0 Å². The zero-order chi connectivity index (χ0) is 14.6. The van der Waals surface area contributed by atoms with Crippen LogP contribution in [0.5, 0.6) is 0 Å². The first kappa shape index (κ1) is 15.0. The van der Waals surface area contributed by atoms with Crippen molar-refractivity contribution in [3.05, 3.63) is 35.4 Å². The van der Waals surface area contributed by atoms with Gasteiger partial charge in [0.25, 0.3) is 0 Å². The third-order valence-corrected chi connectivity index (χ3v) is 4.65. The number of carbonyl (C=O) groups is 1. The molecule has 0 spiro atoms. The third kappa shape index (κ3) is 3.21. The minimum absolute atomic E-state index is 0.475. The quantitative estimate of drug-likeness (QED) is 0.894. The van der Waals surface area contributed by atoms with Crippen molar-refractivity contribution in [2.75, 3.05) is 13.1 Å². The SMILES string of the molecule is CCCC1(C(=O)O)CCN(Cc2ccccc2C)CC1. The van der Waals surface area contributed by atoms with Gasteiger partial charge in [0.15, 0.2) is 0 Å². The van der Waals surface area contributed by atoms with Gasteiger partial charge in [-0.25, -0.2) is 0 Å². The highest BCUT2D eigenvalue weighted by Gasteiger charge is 2.40. The van der Waals surface area contributed by atoms with Crippen LogP contribution in [0.3, 0.4) is 0 Å². The number of nitrogens with zero attached hydrogens (tertiary/aromatic N) is 1. The van der Waals surface area contributed by atoms with E-state index < -0.39 is 11.4 Å². The predicted molar refractivity (Wildman–Crippen MR) is 80.7 cm³/mol. The zero-order valence-corrected chi connectivity index (χ0v) is 12.6. The van der Waals surface area contributed by atoms with Gasteiger partial charge in [0, 0.05) is 6.54 Å². The first-order chi connectivity index (χ1) is 9.57. The summed E-state index contributed by atoms with van der Waals surface area (Å²) in [5.41, 5.74) is 2.19. The number of carboxylic acids is 1. The molecule has 2 rings (SSSR count). The van der Waals surface area contributed by atoms with Gasteiger partial charge in [-0.1, -0.05) is 37.6 Å². The molecule has 1 N–H and O–H groups in total. The van der Waals surface area contributed by atoms with Crippen LogP contribution in [0, 0.1) is 12.3 Å². The fraction of sp³-hybridized carbons (Fsp3) is 0.588. The molecule has 3 nitrogen and oxygen atoms in total. The molecule has 3 heteroatoms. The summed E-state index contributed by atoms with van der Waals surface area (Å²) in [7, 11) is 0. The molecule has 0 bridgehead atoms. The second-order valence-electron chi connectivity index (χ2n) is 6.04. The van der Waals surface area contributed by atoms with Crippen LogP contribution in [0.2, 0.25) is 0 Å². The van der Waals surface area contributed by atoms with E-state index in [1.165, 1.54) is 11.1 Å². The average Bonchev–Trinajstić information content (AvgIpc) is 2.43. The molecule has 1 heterocycles. The number of rotatable bonds is 5. The Balaban J connectivity index is 1.97. The lowest BCUT2D eigenvalue weighted by molar-refractivity contribution is -0.152. The van der Waals surface area contributed by atoms with Crippen LogP contribution < -0.4 is 0 Å². The normalized spacial score (nSPS) is 18.9. The number of aryl methyl sites for hydroxylation is 1. The molecule has 0 radical (unpaired) electrons. The molecule has 0 amide bonds. The molecule has 110 valence electrons. The topological polar surface area (TPSA) is 40.5 Å². The van der Waals surface area contributed by atoms with Gasteiger partial charge in [0.2, 0.25) is 0 Å². The molecular weight excluding hydrogens is 250 g/mol. The third-order valence-electron chi connectivity index (χ3n) is 4.65. The smallest absolute Gasteiger partial charge is 0.309 e. The highest BCUT2D eigenvalue weighted by atomic mass is 16.4. The van der Waals surface area contributed by atoms with Gasteiger partial charge in [0.1, 0.15) is 0 Å². The molecule has 1 aromatic rings. The number of aliphatic carboxylic acids is 1. The summed E-state index contributed by atoms with van der Waals surface area (Å²) in [5, 5.41) is 9.52. The number of piperidine rings is 1.